The third-order valence-electron chi connectivity index (χ3n) is 3.76. The molecule has 0 amide bonds. The van der Waals surface area contributed by atoms with Crippen molar-refractivity contribution in [2.75, 3.05) is 14.1 Å². The van der Waals surface area contributed by atoms with Crippen molar-refractivity contribution in [2.45, 2.75) is 6.54 Å². The van der Waals surface area contributed by atoms with Gasteiger partial charge in [-0.25, -0.2) is 9.50 Å². The van der Waals surface area contributed by atoms with Crippen molar-refractivity contribution < 1.29 is 0 Å². The van der Waals surface area contributed by atoms with E-state index in [0.29, 0.717) is 0 Å². The highest BCUT2D eigenvalue weighted by molar-refractivity contribution is 7.13. The zero-order valence-electron chi connectivity index (χ0n) is 13.5. The fourth-order valence-corrected chi connectivity index (χ4v) is 3.47. The molecular weight excluding hydrogens is 318 g/mol. The van der Waals surface area contributed by atoms with Crippen molar-refractivity contribution in [1.29, 1.82) is 0 Å². The Labute approximate surface area is 144 Å². The molecule has 0 aromatic carbocycles. The predicted octanol–water partition coefficient (Wildman–Crippen LogP) is 3.58. The van der Waals surface area contributed by atoms with Crippen molar-refractivity contribution in [1.82, 2.24) is 24.5 Å². The molecule has 24 heavy (non-hydrogen) atoms. The minimum Gasteiger partial charge on any atom is -0.304 e. The maximum absolute atomic E-state index is 4.78. The van der Waals surface area contributed by atoms with Crippen LogP contribution in [0.25, 0.3) is 27.3 Å². The molecule has 0 N–H and O–H groups in total. The zero-order chi connectivity index (χ0) is 16.5. The molecular formula is C18H17N5S. The van der Waals surface area contributed by atoms with Gasteiger partial charge in [-0.2, -0.15) is 5.10 Å². The SMILES string of the molecule is CN(C)Cc1ccc(-c2csc(-c3cnn4ccccc34)n2)cn1. The minimum atomic E-state index is 0.838. The minimum absolute atomic E-state index is 0.838. The van der Waals surface area contributed by atoms with E-state index in [1.54, 1.807) is 11.3 Å². The Morgan fingerprint density at radius 1 is 1.12 bits per heavy atom. The molecule has 4 aromatic rings. The monoisotopic (exact) mass is 335 g/mol. The lowest BCUT2D eigenvalue weighted by atomic mass is 10.2. The van der Waals surface area contributed by atoms with Gasteiger partial charge >= 0.3 is 0 Å². The quantitative estimate of drug-likeness (QED) is 0.572. The Hall–Kier alpha value is -2.57. The van der Waals surface area contributed by atoms with E-state index in [9.17, 15) is 0 Å². The highest BCUT2D eigenvalue weighted by atomic mass is 32.1. The number of hydrogen-bond donors (Lipinski definition) is 0. The maximum Gasteiger partial charge on any atom is 0.127 e. The molecule has 0 unspecified atom stereocenters. The predicted molar refractivity (Wildman–Crippen MR) is 96.9 cm³/mol. The van der Waals surface area contributed by atoms with Crippen LogP contribution in [0.4, 0.5) is 0 Å². The summed E-state index contributed by atoms with van der Waals surface area (Å²) in [5.74, 6) is 0. The Bertz CT molecular complexity index is 968. The normalized spacial score (nSPS) is 11.5. The maximum atomic E-state index is 4.78. The van der Waals surface area contributed by atoms with E-state index < -0.39 is 0 Å². The molecule has 0 spiro atoms. The fourth-order valence-electron chi connectivity index (χ4n) is 2.62. The molecule has 120 valence electrons. The second kappa shape index (κ2) is 6.14. The van der Waals surface area contributed by atoms with Crippen LogP contribution < -0.4 is 0 Å². The lowest BCUT2D eigenvalue weighted by molar-refractivity contribution is 0.397. The van der Waals surface area contributed by atoms with E-state index in [0.717, 1.165) is 39.6 Å². The van der Waals surface area contributed by atoms with Crippen LogP contribution >= 0.6 is 11.3 Å². The molecule has 0 radical (unpaired) electrons. The van der Waals surface area contributed by atoms with Crippen molar-refractivity contribution in [3.8, 4) is 21.8 Å². The lowest BCUT2D eigenvalue weighted by Gasteiger charge is -2.08. The van der Waals surface area contributed by atoms with E-state index in [4.69, 9.17) is 4.98 Å². The highest BCUT2D eigenvalue weighted by Crippen LogP contribution is 2.31. The summed E-state index contributed by atoms with van der Waals surface area (Å²) in [4.78, 5) is 11.4. The molecule has 0 aliphatic carbocycles. The first kappa shape index (κ1) is 15.0. The molecule has 0 fully saturated rings. The topological polar surface area (TPSA) is 46.3 Å². The first-order valence-corrected chi connectivity index (χ1v) is 8.57. The van der Waals surface area contributed by atoms with Gasteiger partial charge in [0.25, 0.3) is 0 Å². The van der Waals surface area contributed by atoms with Gasteiger partial charge in [0.1, 0.15) is 5.01 Å². The first-order chi connectivity index (χ1) is 11.7. The number of rotatable bonds is 4. The standard InChI is InChI=1S/C18H17N5S/c1-22(2)11-14-7-6-13(9-19-14)16-12-24-18(21-16)15-10-20-23-8-4-3-5-17(15)23/h3-10,12H,11H2,1-2H3. The average molecular weight is 335 g/mol. The molecule has 4 aromatic heterocycles. The number of hydrogen-bond acceptors (Lipinski definition) is 5. The molecule has 6 heteroatoms. The highest BCUT2D eigenvalue weighted by Gasteiger charge is 2.11. The van der Waals surface area contributed by atoms with Crippen LogP contribution in [-0.4, -0.2) is 38.6 Å². The van der Waals surface area contributed by atoms with Gasteiger partial charge in [0.2, 0.25) is 0 Å². The smallest absolute Gasteiger partial charge is 0.127 e. The molecule has 0 saturated carbocycles. The van der Waals surface area contributed by atoms with Crippen molar-refractivity contribution >= 4 is 16.9 Å². The molecule has 4 rings (SSSR count). The van der Waals surface area contributed by atoms with Crippen molar-refractivity contribution in [2.24, 2.45) is 0 Å². The van der Waals surface area contributed by atoms with Crippen LogP contribution in [0.15, 0.2) is 54.3 Å². The second-order valence-corrected chi connectivity index (χ2v) is 6.76. The van der Waals surface area contributed by atoms with Gasteiger partial charge in [0.05, 0.1) is 28.7 Å². The summed E-state index contributed by atoms with van der Waals surface area (Å²) in [5, 5.41) is 7.43. The molecule has 0 aliphatic heterocycles. The number of aromatic nitrogens is 4. The molecule has 0 aliphatic rings. The Kier molecular flexibility index (Phi) is 3.84. The number of pyridine rings is 2. The van der Waals surface area contributed by atoms with Gasteiger partial charge in [0, 0.05) is 29.9 Å². The van der Waals surface area contributed by atoms with Gasteiger partial charge in [0.15, 0.2) is 0 Å². The Balaban J connectivity index is 1.65. The van der Waals surface area contributed by atoms with Crippen LogP contribution in [0, 0.1) is 0 Å². The molecule has 4 heterocycles. The first-order valence-electron chi connectivity index (χ1n) is 7.69. The van der Waals surface area contributed by atoms with E-state index >= 15 is 0 Å². The summed E-state index contributed by atoms with van der Waals surface area (Å²) in [5.41, 5.74) is 5.18. The third kappa shape index (κ3) is 2.81. The Morgan fingerprint density at radius 3 is 2.83 bits per heavy atom. The van der Waals surface area contributed by atoms with Crippen LogP contribution in [0.3, 0.4) is 0 Å². The van der Waals surface area contributed by atoms with E-state index in [-0.39, 0.29) is 0 Å². The number of thiazole rings is 1. The van der Waals surface area contributed by atoms with Gasteiger partial charge in [-0.15, -0.1) is 11.3 Å². The van der Waals surface area contributed by atoms with Gasteiger partial charge < -0.3 is 4.90 Å². The van der Waals surface area contributed by atoms with Gasteiger partial charge in [-0.3, -0.25) is 4.98 Å². The van der Waals surface area contributed by atoms with Crippen LogP contribution in [0.2, 0.25) is 0 Å². The van der Waals surface area contributed by atoms with E-state index in [1.807, 2.05) is 49.3 Å². The van der Waals surface area contributed by atoms with Crippen molar-refractivity contribution in [3.63, 3.8) is 0 Å². The molecule has 0 saturated heterocycles. The van der Waals surface area contributed by atoms with Gasteiger partial charge in [-0.05, 0) is 38.4 Å². The summed E-state index contributed by atoms with van der Waals surface area (Å²) in [7, 11) is 4.08. The van der Waals surface area contributed by atoms with E-state index in [1.165, 1.54) is 0 Å². The molecule has 0 bridgehead atoms. The summed E-state index contributed by atoms with van der Waals surface area (Å²) in [6.45, 7) is 0.838. The molecule has 5 nitrogen and oxygen atoms in total. The van der Waals surface area contributed by atoms with Crippen LogP contribution in [0.1, 0.15) is 5.69 Å². The largest absolute Gasteiger partial charge is 0.304 e. The summed E-state index contributed by atoms with van der Waals surface area (Å²) >= 11 is 1.63. The van der Waals surface area contributed by atoms with E-state index in [2.05, 4.69) is 38.6 Å². The Morgan fingerprint density at radius 2 is 2.04 bits per heavy atom. The van der Waals surface area contributed by atoms with Gasteiger partial charge in [-0.1, -0.05) is 6.07 Å². The number of nitrogens with zero attached hydrogens (tertiary/aromatic N) is 5. The third-order valence-corrected chi connectivity index (χ3v) is 4.64. The summed E-state index contributed by atoms with van der Waals surface area (Å²) in [6, 6.07) is 10.2. The van der Waals surface area contributed by atoms with Crippen LogP contribution in [0.5, 0.6) is 0 Å². The molecule has 0 atom stereocenters. The van der Waals surface area contributed by atoms with Crippen LogP contribution in [-0.2, 0) is 6.54 Å². The number of fused-ring (bicyclic) bond motifs is 1. The van der Waals surface area contributed by atoms with Crippen molar-refractivity contribution in [3.05, 3.63) is 60.0 Å². The summed E-state index contributed by atoms with van der Waals surface area (Å²) < 4.78 is 1.87. The zero-order valence-corrected chi connectivity index (χ0v) is 14.4. The second-order valence-electron chi connectivity index (χ2n) is 5.90. The average Bonchev–Trinajstić information content (AvgIpc) is 3.21. The summed E-state index contributed by atoms with van der Waals surface area (Å²) in [6.07, 6.45) is 5.71. The lowest BCUT2D eigenvalue weighted by Crippen LogP contribution is -2.11. The fraction of sp³-hybridized carbons (Fsp3) is 0.167.